The van der Waals surface area contributed by atoms with E-state index in [1.54, 1.807) is 22.9 Å². The molecule has 2 heterocycles. The van der Waals surface area contributed by atoms with Crippen molar-refractivity contribution in [3.8, 4) is 11.6 Å². The SMILES string of the molecule is C=CC(=O)Nc1cc(Nc2nccc(-n3nc(N(C)C)c(N=C)c3/C=C\C)n2)c(OCC(F)F)cc1N(C)CCN(C)C. The molecule has 2 aromatic heterocycles. The zero-order chi connectivity index (χ0) is 31.7. The van der Waals surface area contributed by atoms with E-state index in [1.165, 1.54) is 6.20 Å². The molecule has 0 bridgehead atoms. The zero-order valence-corrected chi connectivity index (χ0v) is 25.3. The van der Waals surface area contributed by atoms with Crippen molar-refractivity contribution in [2.75, 3.05) is 75.4 Å². The molecule has 43 heavy (non-hydrogen) atoms. The van der Waals surface area contributed by atoms with Gasteiger partial charge in [0.25, 0.3) is 6.43 Å². The normalized spacial score (nSPS) is 11.2. The van der Waals surface area contributed by atoms with Crippen molar-refractivity contribution in [2.24, 2.45) is 4.99 Å². The Morgan fingerprint density at radius 2 is 1.93 bits per heavy atom. The summed E-state index contributed by atoms with van der Waals surface area (Å²) in [6.07, 6.45) is 3.67. The van der Waals surface area contributed by atoms with Gasteiger partial charge in [-0.05, 0) is 46.0 Å². The fourth-order valence-electron chi connectivity index (χ4n) is 4.00. The fraction of sp³-hybridized carbons (Fsp3) is 0.345. The van der Waals surface area contributed by atoms with Crippen molar-refractivity contribution in [2.45, 2.75) is 13.3 Å². The molecule has 230 valence electrons. The van der Waals surface area contributed by atoms with Gasteiger partial charge in [0, 0.05) is 52.6 Å². The number of hydrogen-bond donors (Lipinski definition) is 2. The first-order valence-electron chi connectivity index (χ1n) is 13.4. The lowest BCUT2D eigenvalue weighted by molar-refractivity contribution is -0.111. The topological polar surface area (TPSA) is 116 Å². The van der Waals surface area contributed by atoms with Crippen LogP contribution in [0.4, 0.5) is 43.3 Å². The minimum atomic E-state index is -2.70. The Kier molecular flexibility index (Phi) is 11.3. The second-order valence-corrected chi connectivity index (χ2v) is 9.87. The predicted octanol–water partition coefficient (Wildman–Crippen LogP) is 4.60. The van der Waals surface area contributed by atoms with E-state index in [4.69, 9.17) is 4.74 Å². The molecular weight excluding hydrogens is 558 g/mol. The van der Waals surface area contributed by atoms with Gasteiger partial charge in [-0.25, -0.2) is 18.4 Å². The minimum absolute atomic E-state index is 0.124. The lowest BCUT2D eigenvalue weighted by Gasteiger charge is -2.26. The summed E-state index contributed by atoms with van der Waals surface area (Å²) in [6, 6.07) is 4.85. The number of rotatable bonds is 15. The van der Waals surface area contributed by atoms with E-state index in [-0.39, 0.29) is 17.4 Å². The van der Waals surface area contributed by atoms with Gasteiger partial charge < -0.3 is 30.1 Å². The Hall–Kier alpha value is -4.85. The van der Waals surface area contributed by atoms with E-state index in [0.717, 1.165) is 6.08 Å². The highest BCUT2D eigenvalue weighted by Crippen LogP contribution is 2.39. The average molecular weight is 597 g/mol. The van der Waals surface area contributed by atoms with Crippen LogP contribution in [0.2, 0.25) is 0 Å². The standard InChI is InChI=1S/C29H38F2N10O2/c1-9-11-21-27(32-3)28(39(6)7)37-41(21)25-12-13-33-29(36-25)35-20-16-19(34-26(42)10-2)22(40(8)15-14-38(4)5)17-23(20)43-18-24(30)31/h9-13,16-17,24H,2-3,14-15,18H2,1,4-8H3,(H,34,42)(H,33,35,36)/b11-9-. The highest BCUT2D eigenvalue weighted by Gasteiger charge is 2.21. The molecule has 0 fully saturated rings. The number of carbonyl (C=O) groups is 1. The quantitative estimate of drug-likeness (QED) is 0.192. The maximum atomic E-state index is 13.2. The summed E-state index contributed by atoms with van der Waals surface area (Å²) < 4.78 is 33.6. The van der Waals surface area contributed by atoms with E-state index in [1.807, 2.05) is 69.0 Å². The number of likely N-dealkylation sites (N-methyl/N-ethyl adjacent to an activating group) is 2. The van der Waals surface area contributed by atoms with Crippen LogP contribution in [0.1, 0.15) is 12.6 Å². The summed E-state index contributed by atoms with van der Waals surface area (Å²) in [5.74, 6) is 0.829. The smallest absolute Gasteiger partial charge is 0.272 e. The Morgan fingerprint density at radius 3 is 2.53 bits per heavy atom. The molecule has 0 atom stereocenters. The number of aromatic nitrogens is 4. The summed E-state index contributed by atoms with van der Waals surface area (Å²) in [7, 11) is 9.40. The van der Waals surface area contributed by atoms with Gasteiger partial charge >= 0.3 is 0 Å². The van der Waals surface area contributed by atoms with Gasteiger partial charge in [0.2, 0.25) is 11.9 Å². The van der Waals surface area contributed by atoms with E-state index >= 15 is 0 Å². The summed E-state index contributed by atoms with van der Waals surface area (Å²) in [6.45, 7) is 9.56. The first kappa shape index (κ1) is 32.7. The largest absolute Gasteiger partial charge is 0.485 e. The molecule has 1 aromatic carbocycles. The number of benzene rings is 1. The number of alkyl halides is 2. The molecular formula is C29H38F2N10O2. The molecule has 0 spiro atoms. The summed E-state index contributed by atoms with van der Waals surface area (Å²) in [4.78, 5) is 31.1. The minimum Gasteiger partial charge on any atom is -0.485 e. The molecule has 3 aromatic rings. The summed E-state index contributed by atoms with van der Waals surface area (Å²) in [5.41, 5.74) is 2.48. The lowest BCUT2D eigenvalue weighted by atomic mass is 10.2. The van der Waals surface area contributed by atoms with E-state index < -0.39 is 18.9 Å². The summed E-state index contributed by atoms with van der Waals surface area (Å²) in [5, 5.41) is 10.5. The van der Waals surface area contributed by atoms with Gasteiger partial charge in [0.15, 0.2) is 11.6 Å². The molecule has 0 saturated carbocycles. The molecule has 0 unspecified atom stereocenters. The van der Waals surface area contributed by atoms with Crippen molar-refractivity contribution in [3.63, 3.8) is 0 Å². The number of ether oxygens (including phenoxy) is 1. The number of anilines is 5. The second kappa shape index (κ2) is 14.9. The number of nitrogens with one attached hydrogen (secondary N) is 2. The molecule has 0 saturated heterocycles. The number of nitrogens with zero attached hydrogens (tertiary/aromatic N) is 8. The number of aliphatic imine (C=N–C) groups is 1. The molecule has 0 aliphatic heterocycles. The monoisotopic (exact) mass is 596 g/mol. The first-order valence-corrected chi connectivity index (χ1v) is 13.4. The highest BCUT2D eigenvalue weighted by molar-refractivity contribution is 6.02. The van der Waals surface area contributed by atoms with Crippen LogP contribution in [0, 0.1) is 0 Å². The maximum absolute atomic E-state index is 13.2. The number of allylic oxidation sites excluding steroid dienone is 1. The molecule has 2 N–H and O–H groups in total. The molecule has 3 rings (SSSR count). The fourth-order valence-corrected chi connectivity index (χ4v) is 4.00. The molecule has 0 aliphatic rings. The van der Waals surface area contributed by atoms with Crippen LogP contribution in [0.3, 0.4) is 0 Å². The highest BCUT2D eigenvalue weighted by atomic mass is 19.3. The maximum Gasteiger partial charge on any atom is 0.272 e. The van der Waals surface area contributed by atoms with E-state index in [0.29, 0.717) is 47.5 Å². The van der Waals surface area contributed by atoms with Gasteiger partial charge in [-0.3, -0.25) is 9.79 Å². The molecule has 0 radical (unpaired) electrons. The predicted molar refractivity (Wildman–Crippen MR) is 169 cm³/mol. The van der Waals surface area contributed by atoms with Crippen molar-refractivity contribution >= 4 is 53.2 Å². The zero-order valence-electron chi connectivity index (χ0n) is 25.3. The Labute approximate surface area is 250 Å². The Morgan fingerprint density at radius 1 is 1.19 bits per heavy atom. The van der Waals surface area contributed by atoms with Crippen LogP contribution >= 0.6 is 0 Å². The molecule has 0 aliphatic carbocycles. The van der Waals surface area contributed by atoms with Gasteiger partial charge in [-0.2, -0.15) is 4.98 Å². The van der Waals surface area contributed by atoms with E-state index in [2.05, 4.69) is 44.0 Å². The number of amides is 1. The second-order valence-electron chi connectivity index (χ2n) is 9.87. The third-order valence-corrected chi connectivity index (χ3v) is 6.09. The first-order chi connectivity index (χ1) is 20.5. The van der Waals surface area contributed by atoms with Crippen molar-refractivity contribution in [1.82, 2.24) is 24.6 Å². The van der Waals surface area contributed by atoms with Gasteiger partial charge in [0.1, 0.15) is 18.0 Å². The lowest BCUT2D eigenvalue weighted by Crippen LogP contribution is -2.29. The molecule has 12 nitrogen and oxygen atoms in total. The number of carbonyl (C=O) groups excluding carboxylic acids is 1. The summed E-state index contributed by atoms with van der Waals surface area (Å²) >= 11 is 0. The van der Waals surface area contributed by atoms with Crippen LogP contribution in [0.25, 0.3) is 11.9 Å². The molecule has 14 heteroatoms. The van der Waals surface area contributed by atoms with Gasteiger partial charge in [-0.1, -0.05) is 12.7 Å². The van der Waals surface area contributed by atoms with Gasteiger partial charge in [-0.15, -0.1) is 5.10 Å². The van der Waals surface area contributed by atoms with Crippen molar-refractivity contribution in [1.29, 1.82) is 0 Å². The van der Waals surface area contributed by atoms with Crippen LogP contribution in [-0.4, -0.2) is 98.6 Å². The third kappa shape index (κ3) is 8.35. The average Bonchev–Trinajstić information content (AvgIpc) is 3.34. The van der Waals surface area contributed by atoms with Crippen LogP contribution < -0.4 is 25.2 Å². The Bertz CT molecular complexity index is 1470. The van der Waals surface area contributed by atoms with Crippen molar-refractivity contribution < 1.29 is 18.3 Å². The van der Waals surface area contributed by atoms with Crippen LogP contribution in [-0.2, 0) is 4.79 Å². The molecule has 1 amide bonds. The van der Waals surface area contributed by atoms with Crippen LogP contribution in [0.5, 0.6) is 5.75 Å². The van der Waals surface area contributed by atoms with Crippen LogP contribution in [0.15, 0.2) is 48.1 Å². The van der Waals surface area contributed by atoms with Gasteiger partial charge in [0.05, 0.1) is 22.8 Å². The Balaban J connectivity index is 2.12. The van der Waals surface area contributed by atoms with E-state index in [9.17, 15) is 13.6 Å². The van der Waals surface area contributed by atoms with Crippen molar-refractivity contribution in [3.05, 3.63) is 48.8 Å². The number of hydrogen-bond acceptors (Lipinski definition) is 10. The third-order valence-electron chi connectivity index (χ3n) is 6.09. The number of halogens is 2.